The van der Waals surface area contributed by atoms with Gasteiger partial charge in [-0.3, -0.25) is 4.79 Å². The first kappa shape index (κ1) is 14.3. The average Bonchev–Trinajstić information content (AvgIpc) is 2.83. The first-order valence-corrected chi connectivity index (χ1v) is 6.11. The van der Waals surface area contributed by atoms with Gasteiger partial charge in [-0.2, -0.15) is 0 Å². The quantitative estimate of drug-likeness (QED) is 0.687. The molecule has 0 aliphatic rings. The molecule has 0 saturated heterocycles. The molecule has 0 unspecified atom stereocenters. The zero-order valence-electron chi connectivity index (χ0n) is 11.1. The number of amides is 1. The van der Waals surface area contributed by atoms with E-state index in [9.17, 15) is 4.79 Å². The van der Waals surface area contributed by atoms with Crippen molar-refractivity contribution in [3.8, 4) is 12.3 Å². The summed E-state index contributed by atoms with van der Waals surface area (Å²) in [5.74, 6) is 2.51. The molecule has 0 spiro atoms. The van der Waals surface area contributed by atoms with E-state index >= 15 is 0 Å². The number of hydrogen-bond donors (Lipinski definition) is 0. The third-order valence-electron chi connectivity index (χ3n) is 2.65. The van der Waals surface area contributed by atoms with Gasteiger partial charge >= 0.3 is 0 Å². The van der Waals surface area contributed by atoms with Crippen LogP contribution in [0.15, 0.2) is 18.3 Å². The van der Waals surface area contributed by atoms with Gasteiger partial charge in [-0.15, -0.1) is 6.42 Å². The van der Waals surface area contributed by atoms with Crippen molar-refractivity contribution in [3.05, 3.63) is 24.0 Å². The second-order valence-electron chi connectivity index (χ2n) is 4.01. The number of carbonyl (C=O) groups is 1. The van der Waals surface area contributed by atoms with Gasteiger partial charge < -0.3 is 14.2 Å². The van der Waals surface area contributed by atoms with Crippen LogP contribution in [0.1, 0.15) is 23.8 Å². The minimum Gasteiger partial charge on any atom is -0.383 e. The van der Waals surface area contributed by atoms with Crippen LogP contribution >= 0.6 is 0 Å². The highest BCUT2D eigenvalue weighted by Gasteiger charge is 2.17. The minimum atomic E-state index is -0.0177. The van der Waals surface area contributed by atoms with E-state index in [-0.39, 0.29) is 5.91 Å². The molecule has 1 amide bonds. The van der Waals surface area contributed by atoms with E-state index in [2.05, 4.69) is 5.92 Å². The third-order valence-corrected chi connectivity index (χ3v) is 2.65. The first-order chi connectivity index (χ1) is 8.74. The number of nitrogens with zero attached hydrogens (tertiary/aromatic N) is 2. The number of methoxy groups -OCH3 is 1. The molecule has 0 aromatic carbocycles. The summed E-state index contributed by atoms with van der Waals surface area (Å²) in [5.41, 5.74) is 0.663. The predicted octanol–water partition coefficient (Wildman–Crippen LogP) is 1.62. The van der Waals surface area contributed by atoms with Crippen molar-refractivity contribution in [1.29, 1.82) is 0 Å². The van der Waals surface area contributed by atoms with Gasteiger partial charge in [0, 0.05) is 26.4 Å². The largest absolute Gasteiger partial charge is 0.383 e. The normalized spacial score (nSPS) is 10.1. The van der Waals surface area contributed by atoms with E-state index in [1.807, 2.05) is 29.8 Å². The van der Waals surface area contributed by atoms with E-state index < -0.39 is 0 Å². The Kier molecular flexibility index (Phi) is 6.03. The second-order valence-corrected chi connectivity index (χ2v) is 4.01. The molecule has 0 fully saturated rings. The van der Waals surface area contributed by atoms with Gasteiger partial charge in [-0.25, -0.2) is 0 Å². The SMILES string of the molecule is C#CCN(CCC)C(=O)c1cccn1CCOC. The maximum absolute atomic E-state index is 12.3. The molecule has 0 radical (unpaired) electrons. The minimum absolute atomic E-state index is 0.0177. The van der Waals surface area contributed by atoms with E-state index in [0.717, 1.165) is 6.42 Å². The highest BCUT2D eigenvalue weighted by Crippen LogP contribution is 2.07. The van der Waals surface area contributed by atoms with Crippen molar-refractivity contribution in [2.45, 2.75) is 19.9 Å². The van der Waals surface area contributed by atoms with Crippen molar-refractivity contribution in [2.24, 2.45) is 0 Å². The lowest BCUT2D eigenvalue weighted by atomic mass is 10.3. The Labute approximate surface area is 109 Å². The van der Waals surface area contributed by atoms with E-state index in [1.165, 1.54) is 0 Å². The Morgan fingerprint density at radius 1 is 1.61 bits per heavy atom. The van der Waals surface area contributed by atoms with Crippen LogP contribution in [-0.2, 0) is 11.3 Å². The molecule has 0 aliphatic heterocycles. The molecule has 0 aliphatic carbocycles. The molecule has 1 heterocycles. The summed E-state index contributed by atoms with van der Waals surface area (Å²) in [6.07, 6.45) is 8.07. The van der Waals surface area contributed by atoms with Crippen LogP contribution in [0, 0.1) is 12.3 Å². The molecule has 1 aromatic heterocycles. The van der Waals surface area contributed by atoms with Gasteiger partial charge in [0.25, 0.3) is 5.91 Å². The first-order valence-electron chi connectivity index (χ1n) is 6.11. The van der Waals surface area contributed by atoms with Gasteiger partial charge in [0.2, 0.25) is 0 Å². The van der Waals surface area contributed by atoms with Gasteiger partial charge in [0.15, 0.2) is 0 Å². The summed E-state index contributed by atoms with van der Waals surface area (Å²) in [5, 5.41) is 0. The lowest BCUT2D eigenvalue weighted by Gasteiger charge is -2.20. The number of aromatic nitrogens is 1. The molecule has 0 bridgehead atoms. The monoisotopic (exact) mass is 248 g/mol. The zero-order chi connectivity index (χ0) is 13.4. The van der Waals surface area contributed by atoms with Gasteiger partial charge in [0.1, 0.15) is 5.69 Å². The zero-order valence-corrected chi connectivity index (χ0v) is 11.1. The average molecular weight is 248 g/mol. The van der Waals surface area contributed by atoms with Crippen molar-refractivity contribution >= 4 is 5.91 Å². The fourth-order valence-corrected chi connectivity index (χ4v) is 1.79. The summed E-state index contributed by atoms with van der Waals surface area (Å²) in [4.78, 5) is 14.0. The molecule has 1 aromatic rings. The molecule has 1 rings (SSSR count). The Bertz CT molecular complexity index is 418. The molecular formula is C14H20N2O2. The van der Waals surface area contributed by atoms with Gasteiger partial charge in [0.05, 0.1) is 13.2 Å². The van der Waals surface area contributed by atoms with Crippen LogP contribution in [0.2, 0.25) is 0 Å². The lowest BCUT2D eigenvalue weighted by molar-refractivity contribution is 0.0763. The highest BCUT2D eigenvalue weighted by molar-refractivity contribution is 5.93. The van der Waals surface area contributed by atoms with Crippen molar-refractivity contribution in [3.63, 3.8) is 0 Å². The molecule has 0 N–H and O–H groups in total. The van der Waals surface area contributed by atoms with Crippen LogP contribution in [0.5, 0.6) is 0 Å². The van der Waals surface area contributed by atoms with Crippen molar-refractivity contribution in [2.75, 3.05) is 26.8 Å². The smallest absolute Gasteiger partial charge is 0.271 e. The second kappa shape index (κ2) is 7.57. The molecule has 18 heavy (non-hydrogen) atoms. The maximum Gasteiger partial charge on any atom is 0.271 e. The number of ether oxygens (including phenoxy) is 1. The topological polar surface area (TPSA) is 34.5 Å². The number of terminal acetylenes is 1. The fraction of sp³-hybridized carbons (Fsp3) is 0.500. The summed E-state index contributed by atoms with van der Waals surface area (Å²) < 4.78 is 6.92. The molecule has 4 nitrogen and oxygen atoms in total. The molecule has 98 valence electrons. The van der Waals surface area contributed by atoms with Crippen LogP contribution in [-0.4, -0.2) is 42.2 Å². The predicted molar refractivity (Wildman–Crippen MR) is 71.3 cm³/mol. The van der Waals surface area contributed by atoms with Crippen molar-refractivity contribution in [1.82, 2.24) is 9.47 Å². The summed E-state index contributed by atoms with van der Waals surface area (Å²) in [6, 6.07) is 3.68. The number of rotatable bonds is 7. The van der Waals surface area contributed by atoms with Gasteiger partial charge in [-0.05, 0) is 18.6 Å². The molecule has 0 saturated carbocycles. The maximum atomic E-state index is 12.3. The lowest BCUT2D eigenvalue weighted by Crippen LogP contribution is -2.33. The van der Waals surface area contributed by atoms with Crippen LogP contribution in [0.4, 0.5) is 0 Å². The number of hydrogen-bond acceptors (Lipinski definition) is 2. The molecular weight excluding hydrogens is 228 g/mol. The van der Waals surface area contributed by atoms with E-state index in [4.69, 9.17) is 11.2 Å². The van der Waals surface area contributed by atoms with E-state index in [0.29, 0.717) is 31.9 Å². The molecule has 4 heteroatoms. The summed E-state index contributed by atoms with van der Waals surface area (Å²) in [6.45, 7) is 4.31. The Hall–Kier alpha value is -1.73. The van der Waals surface area contributed by atoms with Crippen LogP contribution in [0.25, 0.3) is 0 Å². The molecule has 0 atom stereocenters. The highest BCUT2D eigenvalue weighted by atomic mass is 16.5. The Morgan fingerprint density at radius 3 is 3.00 bits per heavy atom. The van der Waals surface area contributed by atoms with E-state index in [1.54, 1.807) is 12.0 Å². The van der Waals surface area contributed by atoms with Gasteiger partial charge in [-0.1, -0.05) is 12.8 Å². The van der Waals surface area contributed by atoms with Crippen molar-refractivity contribution < 1.29 is 9.53 Å². The summed E-state index contributed by atoms with van der Waals surface area (Å²) in [7, 11) is 1.65. The Morgan fingerprint density at radius 2 is 2.39 bits per heavy atom. The Balaban J connectivity index is 2.81. The number of carbonyl (C=O) groups excluding carboxylic acids is 1. The van der Waals surface area contributed by atoms with Crippen LogP contribution < -0.4 is 0 Å². The standard InChI is InChI=1S/C14H20N2O2/c1-4-8-16(9-5-2)14(17)13-7-6-10-15(13)11-12-18-3/h1,6-7,10H,5,8-9,11-12H2,2-3H3. The summed E-state index contributed by atoms with van der Waals surface area (Å²) >= 11 is 0. The fourth-order valence-electron chi connectivity index (χ4n) is 1.79. The third kappa shape index (κ3) is 3.64. The van der Waals surface area contributed by atoms with Crippen LogP contribution in [0.3, 0.4) is 0 Å².